The Balaban J connectivity index is 0.00000676. The first kappa shape index (κ1) is 25.9. The average molecular weight is 502 g/mol. The quantitative estimate of drug-likeness (QED) is 0.293. The molecule has 0 fully saturated rings. The van der Waals surface area contributed by atoms with Crippen molar-refractivity contribution in [3.63, 3.8) is 0 Å². The molecule has 0 heterocycles. The van der Waals surface area contributed by atoms with Gasteiger partial charge in [-0.1, -0.05) is 38.1 Å². The highest BCUT2D eigenvalue weighted by atomic mass is 127. The first-order valence-electron chi connectivity index (χ1n) is 8.77. The number of ether oxygens (including phenoxy) is 1. The lowest BCUT2D eigenvalue weighted by Crippen LogP contribution is -2.41. The van der Waals surface area contributed by atoms with Gasteiger partial charge in [-0.2, -0.15) is 13.2 Å². The van der Waals surface area contributed by atoms with Crippen LogP contribution < -0.4 is 10.6 Å². The molecule has 0 aliphatic rings. The molecule has 0 saturated carbocycles. The van der Waals surface area contributed by atoms with E-state index in [2.05, 4.69) is 39.1 Å². The van der Waals surface area contributed by atoms with Gasteiger partial charge >= 0.3 is 6.18 Å². The summed E-state index contributed by atoms with van der Waals surface area (Å²) in [6.07, 6.45) is -4.29. The van der Waals surface area contributed by atoms with Gasteiger partial charge in [0.25, 0.3) is 0 Å². The van der Waals surface area contributed by atoms with Crippen LogP contribution in [-0.4, -0.2) is 56.9 Å². The Morgan fingerprint density at radius 1 is 1.07 bits per heavy atom. The number of guanidine groups is 1. The standard InChI is InChI=1S/C18H29F3N4O.HI/c1-4-25(5-2)11-10-23-17(22-3)24-12-15-6-8-16(9-7-15)13-26-14-18(19,20)21;/h6-9H,4-5,10-14H2,1-3H3,(H2,22,23,24);1H. The minimum absolute atomic E-state index is 0. The summed E-state index contributed by atoms with van der Waals surface area (Å²) < 4.78 is 40.8. The third kappa shape index (κ3) is 12.1. The molecule has 0 unspecified atom stereocenters. The van der Waals surface area contributed by atoms with E-state index < -0.39 is 12.8 Å². The molecule has 0 atom stereocenters. The van der Waals surface area contributed by atoms with E-state index in [1.165, 1.54) is 0 Å². The van der Waals surface area contributed by atoms with Crippen LogP contribution >= 0.6 is 24.0 Å². The molecule has 1 aromatic carbocycles. The second kappa shape index (κ2) is 14.0. The first-order valence-corrected chi connectivity index (χ1v) is 8.77. The number of alkyl halides is 3. The second-order valence-corrected chi connectivity index (χ2v) is 5.80. The summed E-state index contributed by atoms with van der Waals surface area (Å²) in [7, 11) is 1.72. The fourth-order valence-electron chi connectivity index (χ4n) is 2.32. The third-order valence-electron chi connectivity index (χ3n) is 3.86. The van der Waals surface area contributed by atoms with Gasteiger partial charge in [0, 0.05) is 26.7 Å². The smallest absolute Gasteiger partial charge is 0.367 e. The first-order chi connectivity index (χ1) is 12.4. The summed E-state index contributed by atoms with van der Waals surface area (Å²) in [5.41, 5.74) is 1.72. The van der Waals surface area contributed by atoms with Crippen LogP contribution in [0, 0.1) is 0 Å². The second-order valence-electron chi connectivity index (χ2n) is 5.80. The molecule has 27 heavy (non-hydrogen) atoms. The molecule has 0 amide bonds. The minimum atomic E-state index is -4.29. The Hall–Kier alpha value is -1.07. The lowest BCUT2D eigenvalue weighted by molar-refractivity contribution is -0.176. The Morgan fingerprint density at radius 2 is 1.67 bits per heavy atom. The summed E-state index contributed by atoms with van der Waals surface area (Å²) in [4.78, 5) is 6.50. The number of halogens is 4. The molecule has 0 spiro atoms. The van der Waals surface area contributed by atoms with Gasteiger partial charge in [0.15, 0.2) is 5.96 Å². The highest BCUT2D eigenvalue weighted by Crippen LogP contribution is 2.15. The van der Waals surface area contributed by atoms with Crippen LogP contribution in [0.1, 0.15) is 25.0 Å². The monoisotopic (exact) mass is 502 g/mol. The topological polar surface area (TPSA) is 48.9 Å². The highest BCUT2D eigenvalue weighted by Gasteiger charge is 2.27. The van der Waals surface area contributed by atoms with Crippen LogP contribution in [0.2, 0.25) is 0 Å². The molecule has 156 valence electrons. The molecule has 0 aromatic heterocycles. The lowest BCUT2D eigenvalue weighted by atomic mass is 10.1. The van der Waals surface area contributed by atoms with Crippen LogP contribution in [0.25, 0.3) is 0 Å². The average Bonchev–Trinajstić information content (AvgIpc) is 2.61. The Morgan fingerprint density at radius 3 is 2.19 bits per heavy atom. The maximum absolute atomic E-state index is 12.1. The van der Waals surface area contributed by atoms with Crippen LogP contribution in [0.4, 0.5) is 13.2 Å². The van der Waals surface area contributed by atoms with Crippen molar-refractivity contribution in [1.29, 1.82) is 0 Å². The molecular formula is C18H30F3IN4O. The van der Waals surface area contributed by atoms with E-state index in [1.54, 1.807) is 19.2 Å². The molecule has 1 rings (SSSR count). The van der Waals surface area contributed by atoms with E-state index in [-0.39, 0.29) is 30.6 Å². The summed E-state index contributed by atoms with van der Waals surface area (Å²) in [5.74, 6) is 0.717. The van der Waals surface area contributed by atoms with Crippen molar-refractivity contribution in [3.8, 4) is 0 Å². The Kier molecular flexibility index (Phi) is 13.4. The number of nitrogens with zero attached hydrogens (tertiary/aromatic N) is 2. The zero-order valence-corrected chi connectivity index (χ0v) is 18.4. The van der Waals surface area contributed by atoms with Crippen molar-refractivity contribution in [1.82, 2.24) is 15.5 Å². The normalized spacial score (nSPS) is 12.0. The van der Waals surface area contributed by atoms with E-state index in [9.17, 15) is 13.2 Å². The van der Waals surface area contributed by atoms with Crippen LogP contribution in [0.15, 0.2) is 29.3 Å². The predicted octanol–water partition coefficient (Wildman–Crippen LogP) is 3.39. The number of benzene rings is 1. The van der Waals surface area contributed by atoms with Crippen molar-refractivity contribution in [2.45, 2.75) is 33.2 Å². The number of hydrogen-bond donors (Lipinski definition) is 2. The highest BCUT2D eigenvalue weighted by molar-refractivity contribution is 14.0. The fourth-order valence-corrected chi connectivity index (χ4v) is 2.32. The third-order valence-corrected chi connectivity index (χ3v) is 3.86. The molecule has 0 saturated heterocycles. The van der Waals surface area contributed by atoms with Gasteiger partial charge in [0.2, 0.25) is 0 Å². The summed E-state index contributed by atoms with van der Waals surface area (Å²) >= 11 is 0. The SMILES string of the molecule is CCN(CC)CCNC(=NC)NCc1ccc(COCC(F)(F)F)cc1.I. The van der Waals surface area contributed by atoms with Gasteiger partial charge in [-0.05, 0) is 24.2 Å². The maximum atomic E-state index is 12.1. The lowest BCUT2D eigenvalue weighted by Gasteiger charge is -2.19. The molecule has 0 aliphatic carbocycles. The summed E-state index contributed by atoms with van der Waals surface area (Å²) in [6.45, 7) is 7.34. The number of rotatable bonds is 10. The van der Waals surface area contributed by atoms with Gasteiger partial charge in [0.1, 0.15) is 6.61 Å². The zero-order chi connectivity index (χ0) is 19.4. The molecule has 9 heteroatoms. The van der Waals surface area contributed by atoms with Crippen molar-refractivity contribution >= 4 is 29.9 Å². The van der Waals surface area contributed by atoms with Gasteiger partial charge in [-0.3, -0.25) is 4.99 Å². The van der Waals surface area contributed by atoms with Crippen LogP contribution in [-0.2, 0) is 17.9 Å². The predicted molar refractivity (Wildman–Crippen MR) is 114 cm³/mol. The molecular weight excluding hydrogens is 472 g/mol. The van der Waals surface area contributed by atoms with E-state index in [4.69, 9.17) is 0 Å². The Labute approximate surface area is 176 Å². The number of nitrogens with one attached hydrogen (secondary N) is 2. The summed E-state index contributed by atoms with van der Waals surface area (Å²) in [5, 5.41) is 6.48. The Bertz CT molecular complexity index is 534. The van der Waals surface area contributed by atoms with Crippen molar-refractivity contribution in [2.75, 3.05) is 39.8 Å². The van der Waals surface area contributed by atoms with Gasteiger partial charge in [-0.15, -0.1) is 24.0 Å². The molecule has 2 N–H and O–H groups in total. The number of aliphatic imine (C=N–C) groups is 1. The van der Waals surface area contributed by atoms with Gasteiger partial charge in [-0.25, -0.2) is 0 Å². The molecule has 0 radical (unpaired) electrons. The van der Waals surface area contributed by atoms with Crippen molar-refractivity contribution in [3.05, 3.63) is 35.4 Å². The number of hydrogen-bond acceptors (Lipinski definition) is 3. The largest absolute Gasteiger partial charge is 0.411 e. The molecule has 0 bridgehead atoms. The van der Waals surface area contributed by atoms with Gasteiger partial charge in [0.05, 0.1) is 6.61 Å². The van der Waals surface area contributed by atoms with E-state index in [1.807, 2.05) is 12.1 Å². The molecule has 0 aliphatic heterocycles. The van der Waals surface area contributed by atoms with E-state index in [0.29, 0.717) is 12.1 Å². The van der Waals surface area contributed by atoms with E-state index in [0.717, 1.165) is 37.7 Å². The van der Waals surface area contributed by atoms with E-state index >= 15 is 0 Å². The number of likely N-dealkylation sites (N-methyl/N-ethyl adjacent to an activating group) is 1. The van der Waals surface area contributed by atoms with Crippen molar-refractivity contribution in [2.24, 2.45) is 4.99 Å². The zero-order valence-electron chi connectivity index (χ0n) is 16.1. The minimum Gasteiger partial charge on any atom is -0.367 e. The fraction of sp³-hybridized carbons (Fsp3) is 0.611. The van der Waals surface area contributed by atoms with Crippen molar-refractivity contribution < 1.29 is 17.9 Å². The van der Waals surface area contributed by atoms with Crippen LogP contribution in [0.3, 0.4) is 0 Å². The summed E-state index contributed by atoms with van der Waals surface area (Å²) in [6, 6.07) is 7.26. The van der Waals surface area contributed by atoms with Gasteiger partial charge < -0.3 is 20.3 Å². The maximum Gasteiger partial charge on any atom is 0.411 e. The van der Waals surface area contributed by atoms with Crippen LogP contribution in [0.5, 0.6) is 0 Å². The molecule has 5 nitrogen and oxygen atoms in total. The molecule has 1 aromatic rings.